The Kier molecular flexibility index (Phi) is 13.2. The van der Waals surface area contributed by atoms with Crippen molar-refractivity contribution in [3.8, 4) is 0 Å². The first-order chi connectivity index (χ1) is 37.1. The molecule has 0 aromatic carbocycles. The fourth-order valence-corrected chi connectivity index (χ4v) is 18.7. The van der Waals surface area contributed by atoms with Crippen LogP contribution in [-0.2, 0) is 9.47 Å². The van der Waals surface area contributed by atoms with E-state index in [1.165, 1.54) is 73.9 Å². The zero-order valence-corrected chi connectivity index (χ0v) is 44.8. The molecule has 0 radical (unpaired) electrons. The molecule has 14 aliphatic rings. The Morgan fingerprint density at radius 3 is 2.36 bits per heavy atom. The van der Waals surface area contributed by atoms with Crippen molar-refractivity contribution >= 4 is 0 Å². The van der Waals surface area contributed by atoms with Crippen molar-refractivity contribution in [1.29, 1.82) is 0 Å². The normalized spacial score (nSPS) is 43.7. The van der Waals surface area contributed by atoms with Gasteiger partial charge in [-0.1, -0.05) is 158 Å². The fraction of sp³-hybridized carbons (Fsp3) is 0.521. The van der Waals surface area contributed by atoms with Gasteiger partial charge in [-0.2, -0.15) is 0 Å². The van der Waals surface area contributed by atoms with Crippen LogP contribution in [0.15, 0.2) is 205 Å². The molecule has 12 aliphatic carbocycles. The number of likely N-dealkylation sites (tertiary alicyclic amines) is 1. The molecule has 0 spiro atoms. The molecule has 19 atom stereocenters. The Hall–Kier alpha value is -4.90. The van der Waals surface area contributed by atoms with Gasteiger partial charge < -0.3 is 19.3 Å². The maximum atomic E-state index is 7.03. The zero-order chi connectivity index (χ0) is 50.0. The monoisotopic (exact) mass is 997 g/mol. The number of hydrogen-bond donors (Lipinski definition) is 0. The van der Waals surface area contributed by atoms with Crippen molar-refractivity contribution in [2.75, 3.05) is 0 Å². The van der Waals surface area contributed by atoms with E-state index in [4.69, 9.17) is 9.47 Å². The van der Waals surface area contributed by atoms with Crippen LogP contribution < -0.4 is 0 Å². The molecule has 0 bridgehead atoms. The SMILES string of the molecule is C=CC1=CCC(OC2CC=C(C3(C4C=CCCC4)C4C=C(N(C5=CCC(C6C=CC7C(C6)C6CC=CCC6N7C6=CC=C(C=C)CC6)C=C5)C5CC=CC6OC7CCC=CC7C65)C=CC4C4CCC=CC43)CC2)C=C1. The van der Waals surface area contributed by atoms with Crippen LogP contribution in [-0.4, -0.2) is 52.3 Å². The topological polar surface area (TPSA) is 24.9 Å². The maximum Gasteiger partial charge on any atom is 0.0814 e. The van der Waals surface area contributed by atoms with Crippen LogP contribution in [0.5, 0.6) is 0 Å². The Balaban J connectivity index is 0.802. The van der Waals surface area contributed by atoms with Gasteiger partial charge in [0.2, 0.25) is 0 Å². The van der Waals surface area contributed by atoms with Gasteiger partial charge in [0.25, 0.3) is 0 Å². The minimum atomic E-state index is 0.0552. The molecule has 2 heterocycles. The van der Waals surface area contributed by atoms with E-state index in [9.17, 15) is 0 Å². The van der Waals surface area contributed by atoms with Gasteiger partial charge in [0.15, 0.2) is 0 Å². The van der Waals surface area contributed by atoms with Crippen molar-refractivity contribution < 1.29 is 9.47 Å². The first-order valence-electron chi connectivity index (χ1n) is 30.5. The highest BCUT2D eigenvalue weighted by atomic mass is 16.5. The van der Waals surface area contributed by atoms with Gasteiger partial charge in [-0.3, -0.25) is 0 Å². The van der Waals surface area contributed by atoms with Gasteiger partial charge >= 0.3 is 0 Å². The third-order valence-corrected chi connectivity index (χ3v) is 22.0. The summed E-state index contributed by atoms with van der Waals surface area (Å²) in [5.41, 5.74) is 8.80. The molecule has 1 saturated carbocycles. The summed E-state index contributed by atoms with van der Waals surface area (Å²) in [6, 6.07) is 1.45. The highest BCUT2D eigenvalue weighted by Crippen LogP contribution is 2.69. The van der Waals surface area contributed by atoms with Crippen molar-refractivity contribution in [2.45, 2.75) is 158 Å². The van der Waals surface area contributed by atoms with Crippen molar-refractivity contribution in [1.82, 2.24) is 9.80 Å². The summed E-state index contributed by atoms with van der Waals surface area (Å²) in [5, 5.41) is 0. The van der Waals surface area contributed by atoms with Crippen molar-refractivity contribution in [2.24, 2.45) is 70.5 Å². The molecule has 19 unspecified atom stereocenters. The molecule has 0 amide bonds. The first-order valence-corrected chi connectivity index (χ1v) is 30.5. The van der Waals surface area contributed by atoms with Crippen molar-refractivity contribution in [3.05, 3.63) is 205 Å². The number of hydrogen-bond acceptors (Lipinski definition) is 4. The molecule has 0 aromatic heterocycles. The average Bonchev–Trinajstić information content (AvgIpc) is 4.19. The van der Waals surface area contributed by atoms with E-state index >= 15 is 0 Å². The van der Waals surface area contributed by atoms with Crippen LogP contribution in [0.1, 0.15) is 116 Å². The molecule has 2 saturated heterocycles. The quantitative estimate of drug-likeness (QED) is 0.193. The van der Waals surface area contributed by atoms with Gasteiger partial charge in [0.1, 0.15) is 0 Å². The number of nitrogens with zero attached hydrogens (tertiary/aromatic N) is 2. The van der Waals surface area contributed by atoms with Crippen LogP contribution >= 0.6 is 0 Å². The molecule has 4 heteroatoms. The second-order valence-corrected chi connectivity index (χ2v) is 25.4. The average molecular weight is 997 g/mol. The molecule has 390 valence electrons. The largest absolute Gasteiger partial charge is 0.370 e. The molecule has 14 rings (SSSR count). The van der Waals surface area contributed by atoms with E-state index in [0.29, 0.717) is 83.4 Å². The second kappa shape index (κ2) is 20.5. The van der Waals surface area contributed by atoms with Crippen LogP contribution in [0, 0.1) is 70.5 Å². The summed E-state index contributed by atoms with van der Waals surface area (Å²) in [7, 11) is 0. The smallest absolute Gasteiger partial charge is 0.0814 e. The maximum absolute atomic E-state index is 7.03. The van der Waals surface area contributed by atoms with Gasteiger partial charge in [-0.25, -0.2) is 0 Å². The highest BCUT2D eigenvalue weighted by molar-refractivity contribution is 5.44. The Morgan fingerprint density at radius 2 is 1.55 bits per heavy atom. The van der Waals surface area contributed by atoms with Crippen LogP contribution in [0.2, 0.25) is 0 Å². The van der Waals surface area contributed by atoms with Crippen LogP contribution in [0.4, 0.5) is 0 Å². The number of rotatable bonds is 11. The molecule has 4 nitrogen and oxygen atoms in total. The van der Waals surface area contributed by atoms with E-state index in [0.717, 1.165) is 70.1 Å². The zero-order valence-electron chi connectivity index (χ0n) is 44.8. The minimum absolute atomic E-state index is 0.0552. The lowest BCUT2D eigenvalue weighted by Crippen LogP contribution is -2.47. The number of ether oxygens (including phenoxy) is 2. The first kappa shape index (κ1) is 48.5. The Morgan fingerprint density at radius 1 is 0.640 bits per heavy atom. The van der Waals surface area contributed by atoms with E-state index in [1.54, 1.807) is 11.3 Å². The molecule has 75 heavy (non-hydrogen) atoms. The summed E-state index contributed by atoms with van der Waals surface area (Å²) in [5.74, 6) is 6.10. The molecular formula is C71H84N2O2. The third kappa shape index (κ3) is 8.43. The van der Waals surface area contributed by atoms with Gasteiger partial charge in [-0.15, -0.1) is 0 Å². The highest BCUT2D eigenvalue weighted by Gasteiger charge is 2.63. The van der Waals surface area contributed by atoms with Gasteiger partial charge in [-0.05, 0) is 198 Å². The standard InChI is InChI=1S/C71H84N2O2/c1-3-47-25-34-54(35-26-47)73-65-21-12-9-18-60(65)62-45-50(31-44-66(62)73)49-29-36-53(37-30-49)72(67-22-14-24-69-70(67)61-19-10-13-23-68(61)75-69)55-38-43-59-58-17-8-11-20-63(58)71(64(59)46-55,51-15-6-5-7-16-51)52-32-41-57(42-33-52)74-56-39-27-48(4-2)28-40-56/h3-4,6,9-12,14-15,19-20,24-25,27-29,31-32,34,36-39,43-44,46,49-51,56-70H,1-2,5,7-8,13,16-18,21-23,26,30,33,35,40-42,45H2. The van der Waals surface area contributed by atoms with Crippen molar-refractivity contribution in [3.63, 3.8) is 0 Å². The molecular weight excluding hydrogens is 913 g/mol. The van der Waals surface area contributed by atoms with Gasteiger partial charge in [0.05, 0.1) is 30.5 Å². The Bertz CT molecular complexity index is 2740. The summed E-state index contributed by atoms with van der Waals surface area (Å²) in [4.78, 5) is 5.79. The predicted molar refractivity (Wildman–Crippen MR) is 307 cm³/mol. The Labute approximate surface area is 450 Å². The van der Waals surface area contributed by atoms with Crippen LogP contribution in [0.3, 0.4) is 0 Å². The lowest BCUT2D eigenvalue weighted by molar-refractivity contribution is 0.00493. The molecule has 2 aliphatic heterocycles. The lowest BCUT2D eigenvalue weighted by atomic mass is 9.54. The van der Waals surface area contributed by atoms with E-state index in [1.807, 2.05) is 6.08 Å². The molecule has 0 aromatic rings. The number of fused-ring (bicyclic) bond motifs is 9. The molecule has 0 N–H and O–H groups in total. The predicted octanol–water partition coefficient (Wildman–Crippen LogP) is 16.0. The van der Waals surface area contributed by atoms with E-state index < -0.39 is 0 Å². The fourth-order valence-electron chi connectivity index (χ4n) is 18.7. The second-order valence-electron chi connectivity index (χ2n) is 25.4. The number of allylic oxidation sites excluding steroid dienone is 22. The van der Waals surface area contributed by atoms with E-state index in [2.05, 4.69) is 175 Å². The summed E-state index contributed by atoms with van der Waals surface area (Å²) in [6.45, 7) is 8.09. The summed E-state index contributed by atoms with van der Waals surface area (Å²) >= 11 is 0. The van der Waals surface area contributed by atoms with Crippen LogP contribution in [0.25, 0.3) is 0 Å². The van der Waals surface area contributed by atoms with Gasteiger partial charge in [0, 0.05) is 46.4 Å². The summed E-state index contributed by atoms with van der Waals surface area (Å²) < 4.78 is 13.9. The van der Waals surface area contributed by atoms with E-state index in [-0.39, 0.29) is 23.7 Å². The lowest BCUT2D eigenvalue weighted by Gasteiger charge is -2.51. The summed E-state index contributed by atoms with van der Waals surface area (Å²) in [6.07, 6.45) is 87.1. The third-order valence-electron chi connectivity index (χ3n) is 22.0. The molecule has 3 fully saturated rings. The minimum Gasteiger partial charge on any atom is -0.370 e.